The summed E-state index contributed by atoms with van der Waals surface area (Å²) < 4.78 is 13.6. The fourth-order valence-corrected chi connectivity index (χ4v) is 2.09. The predicted octanol–water partition coefficient (Wildman–Crippen LogP) is 2.65. The third-order valence-corrected chi connectivity index (χ3v) is 3.25. The molecule has 0 aliphatic carbocycles. The smallest absolute Gasteiger partial charge is 0.275 e. The van der Waals surface area contributed by atoms with Crippen LogP contribution in [0.25, 0.3) is 6.08 Å². The first-order chi connectivity index (χ1) is 11.0. The van der Waals surface area contributed by atoms with Gasteiger partial charge in [-0.3, -0.25) is 14.9 Å². The number of non-ortho nitro benzene ring substituents is 1. The minimum absolute atomic E-state index is 0.0548. The number of nitrogens with one attached hydrogen (secondary N) is 1. The Balaban J connectivity index is 1.92. The third kappa shape index (κ3) is 2.98. The molecule has 0 saturated heterocycles. The Morgan fingerprint density at radius 3 is 2.48 bits per heavy atom. The number of nitrogens with zero attached hydrogens (tertiary/aromatic N) is 2. The number of hydrogen-bond donors (Lipinski definition) is 1. The van der Waals surface area contributed by atoms with Gasteiger partial charge in [0.2, 0.25) is 0 Å². The maximum absolute atomic E-state index is 13.6. The highest BCUT2D eigenvalue weighted by atomic mass is 19.1. The maximum Gasteiger partial charge on any atom is 0.275 e. The summed E-state index contributed by atoms with van der Waals surface area (Å²) >= 11 is 0. The molecule has 1 aliphatic rings. The van der Waals surface area contributed by atoms with Crippen molar-refractivity contribution in [2.45, 2.75) is 0 Å². The van der Waals surface area contributed by atoms with Crippen LogP contribution in [-0.2, 0) is 4.79 Å². The maximum atomic E-state index is 13.6. The predicted molar refractivity (Wildman–Crippen MR) is 82.2 cm³/mol. The van der Waals surface area contributed by atoms with Gasteiger partial charge in [0.15, 0.2) is 0 Å². The van der Waals surface area contributed by atoms with Crippen molar-refractivity contribution in [3.05, 3.63) is 81.3 Å². The van der Waals surface area contributed by atoms with Gasteiger partial charge in [-0.2, -0.15) is 0 Å². The molecule has 0 saturated carbocycles. The van der Waals surface area contributed by atoms with Crippen LogP contribution in [0.3, 0.4) is 0 Å². The molecule has 2 aromatic carbocycles. The molecule has 0 bridgehead atoms. The van der Waals surface area contributed by atoms with Crippen LogP contribution in [0.1, 0.15) is 11.1 Å². The first-order valence-electron chi connectivity index (χ1n) is 6.66. The number of hydrogen-bond acceptors (Lipinski definition) is 4. The minimum atomic E-state index is -0.512. The highest BCUT2D eigenvalue weighted by molar-refractivity contribution is 6.19. The molecule has 0 fully saturated rings. The van der Waals surface area contributed by atoms with Crippen molar-refractivity contribution >= 4 is 23.5 Å². The number of aliphatic imine (C=N–C) groups is 1. The van der Waals surface area contributed by atoms with E-state index in [1.807, 2.05) is 0 Å². The summed E-state index contributed by atoms with van der Waals surface area (Å²) in [5.41, 5.74) is 0.802. The van der Waals surface area contributed by atoms with Gasteiger partial charge >= 0.3 is 0 Å². The molecule has 0 atom stereocenters. The van der Waals surface area contributed by atoms with Crippen molar-refractivity contribution in [1.29, 1.82) is 0 Å². The van der Waals surface area contributed by atoms with E-state index in [0.29, 0.717) is 5.56 Å². The van der Waals surface area contributed by atoms with Gasteiger partial charge in [0, 0.05) is 23.3 Å². The van der Waals surface area contributed by atoms with Crippen LogP contribution in [0.2, 0.25) is 0 Å². The van der Waals surface area contributed by atoms with Crippen LogP contribution in [0.5, 0.6) is 0 Å². The van der Waals surface area contributed by atoms with Crippen LogP contribution in [0, 0.1) is 15.9 Å². The van der Waals surface area contributed by atoms with Gasteiger partial charge < -0.3 is 5.32 Å². The third-order valence-electron chi connectivity index (χ3n) is 3.25. The molecule has 1 amide bonds. The molecule has 0 radical (unpaired) electrons. The van der Waals surface area contributed by atoms with Crippen LogP contribution in [0.4, 0.5) is 10.1 Å². The fraction of sp³-hybridized carbons (Fsp3) is 0. The zero-order valence-corrected chi connectivity index (χ0v) is 11.7. The largest absolute Gasteiger partial charge is 0.305 e. The Morgan fingerprint density at radius 2 is 1.83 bits per heavy atom. The number of carbonyl (C=O) groups is 1. The van der Waals surface area contributed by atoms with Crippen molar-refractivity contribution in [2.24, 2.45) is 4.99 Å². The van der Waals surface area contributed by atoms with Crippen molar-refractivity contribution in [2.75, 3.05) is 0 Å². The molecule has 0 unspecified atom stereocenters. The fourth-order valence-electron chi connectivity index (χ4n) is 2.09. The monoisotopic (exact) mass is 311 g/mol. The van der Waals surface area contributed by atoms with E-state index in [0.717, 1.165) is 0 Å². The van der Waals surface area contributed by atoms with Crippen LogP contribution >= 0.6 is 0 Å². The second-order valence-corrected chi connectivity index (χ2v) is 4.77. The van der Waals surface area contributed by atoms with Crippen molar-refractivity contribution in [3.63, 3.8) is 0 Å². The van der Waals surface area contributed by atoms with E-state index in [-0.39, 0.29) is 22.8 Å². The van der Waals surface area contributed by atoms with Gasteiger partial charge in [0.1, 0.15) is 17.3 Å². The van der Waals surface area contributed by atoms with Crippen LogP contribution in [-0.4, -0.2) is 16.7 Å². The molecule has 1 N–H and O–H groups in total. The highest BCUT2D eigenvalue weighted by Crippen LogP contribution is 2.18. The molecule has 2 aromatic rings. The molecule has 0 spiro atoms. The standard InChI is InChI=1S/C16H10FN3O3/c17-13-4-2-1-3-11(13)9-14-16(21)19-15(18-14)10-5-7-12(8-6-10)20(22)23/h1-9H,(H,18,19,21). The number of amidine groups is 1. The molecular formula is C16H10FN3O3. The summed E-state index contributed by atoms with van der Waals surface area (Å²) in [5, 5.41) is 13.2. The molecule has 1 heterocycles. The normalized spacial score (nSPS) is 15.4. The number of nitro groups is 1. The summed E-state index contributed by atoms with van der Waals surface area (Å²) in [5.74, 6) is -0.638. The summed E-state index contributed by atoms with van der Waals surface area (Å²) in [6, 6.07) is 11.7. The average molecular weight is 311 g/mol. The minimum Gasteiger partial charge on any atom is -0.305 e. The van der Waals surface area contributed by atoms with Gasteiger partial charge in [-0.05, 0) is 24.3 Å². The van der Waals surface area contributed by atoms with Crippen molar-refractivity contribution in [1.82, 2.24) is 5.32 Å². The van der Waals surface area contributed by atoms with E-state index >= 15 is 0 Å². The molecule has 114 valence electrons. The Morgan fingerprint density at radius 1 is 1.13 bits per heavy atom. The highest BCUT2D eigenvalue weighted by Gasteiger charge is 2.22. The number of halogens is 1. The van der Waals surface area contributed by atoms with E-state index in [4.69, 9.17) is 0 Å². The molecule has 23 heavy (non-hydrogen) atoms. The number of nitro benzene ring substituents is 1. The first kappa shape index (κ1) is 14.6. The van der Waals surface area contributed by atoms with E-state index in [2.05, 4.69) is 10.3 Å². The lowest BCUT2D eigenvalue weighted by Crippen LogP contribution is -2.24. The average Bonchev–Trinajstić information content (AvgIpc) is 2.91. The Hall–Kier alpha value is -3.35. The molecule has 3 rings (SSSR count). The van der Waals surface area contributed by atoms with E-state index < -0.39 is 16.6 Å². The van der Waals surface area contributed by atoms with E-state index in [1.54, 1.807) is 12.1 Å². The second-order valence-electron chi connectivity index (χ2n) is 4.77. The van der Waals surface area contributed by atoms with Gasteiger partial charge in [-0.15, -0.1) is 0 Å². The molecule has 7 heteroatoms. The van der Waals surface area contributed by atoms with Crippen molar-refractivity contribution < 1.29 is 14.1 Å². The topological polar surface area (TPSA) is 84.6 Å². The number of benzene rings is 2. The van der Waals surface area contributed by atoms with Gasteiger partial charge in [-0.25, -0.2) is 9.38 Å². The lowest BCUT2D eigenvalue weighted by atomic mass is 10.2. The lowest BCUT2D eigenvalue weighted by Gasteiger charge is -1.99. The zero-order chi connectivity index (χ0) is 16.4. The Bertz CT molecular complexity index is 857. The van der Waals surface area contributed by atoms with Crippen LogP contribution in [0.15, 0.2) is 59.2 Å². The summed E-state index contributed by atoms with van der Waals surface area (Å²) in [6.07, 6.45) is 1.35. The SMILES string of the molecule is O=C1NC(c2ccc([N+](=O)[O-])cc2)=NC1=Cc1ccccc1F. The van der Waals surface area contributed by atoms with E-state index in [9.17, 15) is 19.3 Å². The van der Waals surface area contributed by atoms with Crippen molar-refractivity contribution in [3.8, 4) is 0 Å². The van der Waals surface area contributed by atoms with Gasteiger partial charge in [0.05, 0.1) is 4.92 Å². The number of rotatable bonds is 3. The zero-order valence-electron chi connectivity index (χ0n) is 11.7. The summed E-state index contributed by atoms with van der Waals surface area (Å²) in [4.78, 5) is 26.2. The number of carbonyl (C=O) groups excluding carboxylic acids is 1. The van der Waals surface area contributed by atoms with Gasteiger partial charge in [0.25, 0.3) is 11.6 Å². The molecular weight excluding hydrogens is 301 g/mol. The Kier molecular flexibility index (Phi) is 3.68. The molecule has 6 nitrogen and oxygen atoms in total. The molecule has 1 aliphatic heterocycles. The Labute approximate surface area is 130 Å². The lowest BCUT2D eigenvalue weighted by molar-refractivity contribution is -0.384. The van der Waals surface area contributed by atoms with E-state index in [1.165, 1.54) is 42.5 Å². The molecule has 0 aromatic heterocycles. The van der Waals surface area contributed by atoms with Gasteiger partial charge in [-0.1, -0.05) is 18.2 Å². The summed E-state index contributed by atoms with van der Waals surface area (Å²) in [6.45, 7) is 0. The second kappa shape index (κ2) is 5.80. The quantitative estimate of drug-likeness (QED) is 0.537. The van der Waals surface area contributed by atoms with Crippen LogP contribution < -0.4 is 5.32 Å². The summed E-state index contributed by atoms with van der Waals surface area (Å²) in [7, 11) is 0. The first-order valence-corrected chi connectivity index (χ1v) is 6.66. The number of amides is 1.